The van der Waals surface area contributed by atoms with Crippen molar-refractivity contribution in [2.24, 2.45) is 0 Å². The minimum Gasteiger partial charge on any atom is -0.322 e. The van der Waals surface area contributed by atoms with E-state index in [2.05, 4.69) is 10.6 Å². The number of halogens is 2. The van der Waals surface area contributed by atoms with E-state index in [1.807, 2.05) is 0 Å². The number of hydrogen-bond acceptors (Lipinski definition) is 2. The molecule has 2 rings (SSSR count). The Bertz CT molecular complexity index is 419. The molecule has 17 heavy (non-hydrogen) atoms. The molecule has 0 aromatic heterocycles. The molecule has 1 atom stereocenters. The molecule has 5 heteroatoms. The first-order valence-electron chi connectivity index (χ1n) is 5.67. The molecule has 1 amide bonds. The van der Waals surface area contributed by atoms with Gasteiger partial charge in [-0.15, -0.1) is 0 Å². The molecule has 1 aliphatic rings. The number of anilines is 1. The first-order valence-corrected chi connectivity index (χ1v) is 6.04. The predicted octanol–water partition coefficient (Wildman–Crippen LogP) is 2.56. The lowest BCUT2D eigenvalue weighted by atomic mass is 10.0. The Morgan fingerprint density at radius 3 is 3.00 bits per heavy atom. The molecule has 0 aliphatic carbocycles. The summed E-state index contributed by atoms with van der Waals surface area (Å²) in [7, 11) is 0. The van der Waals surface area contributed by atoms with Crippen LogP contribution < -0.4 is 10.6 Å². The number of hydrogen-bond donors (Lipinski definition) is 2. The molecule has 0 unspecified atom stereocenters. The van der Waals surface area contributed by atoms with Crippen LogP contribution in [0.5, 0.6) is 0 Å². The number of amides is 1. The van der Waals surface area contributed by atoms with Crippen LogP contribution in [0.3, 0.4) is 0 Å². The average molecular weight is 257 g/mol. The Hall–Kier alpha value is -1.13. The van der Waals surface area contributed by atoms with Gasteiger partial charge in [-0.2, -0.15) is 0 Å². The number of nitrogens with one attached hydrogen (secondary N) is 2. The van der Waals surface area contributed by atoms with Gasteiger partial charge in [-0.3, -0.25) is 4.79 Å². The van der Waals surface area contributed by atoms with E-state index in [9.17, 15) is 9.18 Å². The second-order valence-electron chi connectivity index (χ2n) is 4.09. The Kier molecular flexibility index (Phi) is 3.97. The van der Waals surface area contributed by atoms with Crippen LogP contribution in [-0.2, 0) is 4.79 Å². The minimum absolute atomic E-state index is 0.0133. The largest absolute Gasteiger partial charge is 0.322 e. The first-order chi connectivity index (χ1) is 8.18. The van der Waals surface area contributed by atoms with E-state index < -0.39 is 5.82 Å². The Morgan fingerprint density at radius 1 is 1.47 bits per heavy atom. The van der Waals surface area contributed by atoms with Crippen LogP contribution in [0.25, 0.3) is 0 Å². The fourth-order valence-electron chi connectivity index (χ4n) is 1.90. The van der Waals surface area contributed by atoms with Crippen molar-refractivity contribution in [3.63, 3.8) is 0 Å². The number of rotatable bonds is 2. The molecular weight excluding hydrogens is 243 g/mol. The SMILES string of the molecule is O=C(Nc1cccc(Cl)c1F)[C@@H]1CCCCN1. The van der Waals surface area contributed by atoms with Crippen LogP contribution in [0.4, 0.5) is 10.1 Å². The van der Waals surface area contributed by atoms with Gasteiger partial charge in [-0.1, -0.05) is 24.1 Å². The highest BCUT2D eigenvalue weighted by Crippen LogP contribution is 2.22. The van der Waals surface area contributed by atoms with Gasteiger partial charge in [0.05, 0.1) is 16.8 Å². The maximum atomic E-state index is 13.6. The summed E-state index contributed by atoms with van der Waals surface area (Å²) in [5.74, 6) is -0.788. The zero-order chi connectivity index (χ0) is 12.3. The number of piperidine rings is 1. The van der Waals surface area contributed by atoms with Gasteiger partial charge in [0.15, 0.2) is 5.82 Å². The molecule has 0 saturated carbocycles. The fraction of sp³-hybridized carbons (Fsp3) is 0.417. The smallest absolute Gasteiger partial charge is 0.241 e. The van der Waals surface area contributed by atoms with Gasteiger partial charge >= 0.3 is 0 Å². The Labute approximate surface area is 104 Å². The quantitative estimate of drug-likeness (QED) is 0.854. The van der Waals surface area contributed by atoms with Crippen molar-refractivity contribution in [3.05, 3.63) is 29.0 Å². The van der Waals surface area contributed by atoms with Crippen LogP contribution >= 0.6 is 11.6 Å². The monoisotopic (exact) mass is 256 g/mol. The standard InChI is InChI=1S/C12H14ClFN2O/c13-8-4-3-6-9(11(8)14)16-12(17)10-5-1-2-7-15-10/h3-4,6,10,15H,1-2,5,7H2,(H,16,17)/t10-/m0/s1. The van der Waals surface area contributed by atoms with E-state index in [-0.39, 0.29) is 22.7 Å². The zero-order valence-electron chi connectivity index (χ0n) is 9.30. The molecule has 0 spiro atoms. The van der Waals surface area contributed by atoms with E-state index in [0.717, 1.165) is 25.8 Å². The van der Waals surface area contributed by atoms with Crippen LogP contribution in [-0.4, -0.2) is 18.5 Å². The summed E-state index contributed by atoms with van der Waals surface area (Å²) in [6.07, 6.45) is 2.88. The summed E-state index contributed by atoms with van der Waals surface area (Å²) in [6, 6.07) is 4.32. The van der Waals surface area contributed by atoms with Gasteiger partial charge in [0, 0.05) is 0 Å². The van der Waals surface area contributed by atoms with E-state index in [1.165, 1.54) is 12.1 Å². The molecule has 1 aromatic rings. The average Bonchev–Trinajstić information content (AvgIpc) is 2.36. The van der Waals surface area contributed by atoms with Crippen molar-refractivity contribution in [2.75, 3.05) is 11.9 Å². The summed E-state index contributed by atoms with van der Waals surface area (Å²) in [5.41, 5.74) is 0.134. The van der Waals surface area contributed by atoms with Crippen LogP contribution in [0.1, 0.15) is 19.3 Å². The summed E-state index contributed by atoms with van der Waals surface area (Å²) in [4.78, 5) is 11.8. The van der Waals surface area contributed by atoms with Gasteiger partial charge < -0.3 is 10.6 Å². The van der Waals surface area contributed by atoms with Gasteiger partial charge in [0.2, 0.25) is 5.91 Å². The van der Waals surface area contributed by atoms with Crippen molar-refractivity contribution in [1.29, 1.82) is 0 Å². The van der Waals surface area contributed by atoms with Gasteiger partial charge in [-0.05, 0) is 31.5 Å². The van der Waals surface area contributed by atoms with Crippen molar-refractivity contribution >= 4 is 23.2 Å². The lowest BCUT2D eigenvalue weighted by Gasteiger charge is -2.22. The molecule has 1 fully saturated rings. The molecule has 2 N–H and O–H groups in total. The third kappa shape index (κ3) is 2.96. The van der Waals surface area contributed by atoms with E-state index in [1.54, 1.807) is 6.07 Å². The maximum absolute atomic E-state index is 13.6. The van der Waals surface area contributed by atoms with Gasteiger partial charge in [0.1, 0.15) is 0 Å². The molecule has 92 valence electrons. The highest BCUT2D eigenvalue weighted by molar-refractivity contribution is 6.31. The highest BCUT2D eigenvalue weighted by atomic mass is 35.5. The third-order valence-electron chi connectivity index (χ3n) is 2.84. The first kappa shape index (κ1) is 12.3. The molecule has 0 bridgehead atoms. The predicted molar refractivity (Wildman–Crippen MR) is 65.7 cm³/mol. The van der Waals surface area contributed by atoms with Crippen LogP contribution in [0.2, 0.25) is 5.02 Å². The molecule has 1 aliphatic heterocycles. The van der Waals surface area contributed by atoms with Gasteiger partial charge in [0.25, 0.3) is 0 Å². The molecule has 1 aromatic carbocycles. The highest BCUT2D eigenvalue weighted by Gasteiger charge is 2.21. The fourth-order valence-corrected chi connectivity index (χ4v) is 2.07. The van der Waals surface area contributed by atoms with Crippen LogP contribution in [0.15, 0.2) is 18.2 Å². The molecule has 1 saturated heterocycles. The topological polar surface area (TPSA) is 41.1 Å². The summed E-state index contributed by atoms with van der Waals surface area (Å²) >= 11 is 5.64. The maximum Gasteiger partial charge on any atom is 0.241 e. The lowest BCUT2D eigenvalue weighted by molar-refractivity contribution is -0.118. The van der Waals surface area contributed by atoms with Crippen molar-refractivity contribution in [1.82, 2.24) is 5.32 Å². The normalized spacial score (nSPS) is 20.0. The number of carbonyl (C=O) groups excluding carboxylic acids is 1. The molecule has 0 radical (unpaired) electrons. The van der Waals surface area contributed by atoms with Gasteiger partial charge in [-0.25, -0.2) is 4.39 Å². The van der Waals surface area contributed by atoms with Crippen molar-refractivity contribution < 1.29 is 9.18 Å². The Morgan fingerprint density at radius 2 is 2.29 bits per heavy atom. The lowest BCUT2D eigenvalue weighted by Crippen LogP contribution is -2.43. The second kappa shape index (κ2) is 5.47. The molecular formula is C12H14ClFN2O. The molecule has 1 heterocycles. The summed E-state index contributed by atoms with van der Waals surface area (Å²) in [5, 5.41) is 5.68. The summed E-state index contributed by atoms with van der Waals surface area (Å²) < 4.78 is 13.6. The zero-order valence-corrected chi connectivity index (χ0v) is 10.1. The minimum atomic E-state index is -0.585. The van der Waals surface area contributed by atoms with E-state index in [0.29, 0.717) is 0 Å². The molecule has 3 nitrogen and oxygen atoms in total. The Balaban J connectivity index is 2.04. The van der Waals surface area contributed by atoms with Crippen molar-refractivity contribution in [3.8, 4) is 0 Å². The van der Waals surface area contributed by atoms with E-state index in [4.69, 9.17) is 11.6 Å². The number of carbonyl (C=O) groups is 1. The number of benzene rings is 1. The third-order valence-corrected chi connectivity index (χ3v) is 3.13. The van der Waals surface area contributed by atoms with E-state index >= 15 is 0 Å². The second-order valence-corrected chi connectivity index (χ2v) is 4.50. The summed E-state index contributed by atoms with van der Waals surface area (Å²) in [6.45, 7) is 0.829. The van der Waals surface area contributed by atoms with Crippen LogP contribution in [0, 0.1) is 5.82 Å². The van der Waals surface area contributed by atoms with Crippen molar-refractivity contribution in [2.45, 2.75) is 25.3 Å².